The van der Waals surface area contributed by atoms with Gasteiger partial charge in [0, 0.05) is 11.8 Å². The summed E-state index contributed by atoms with van der Waals surface area (Å²) < 4.78 is 36.5. The van der Waals surface area contributed by atoms with E-state index in [1.54, 1.807) is 11.6 Å². The molecule has 0 fully saturated rings. The number of alkyl halides is 2. The normalized spacial score (nSPS) is 14.3. The van der Waals surface area contributed by atoms with Crippen molar-refractivity contribution in [2.45, 2.75) is 13.2 Å². The number of aromatic nitrogens is 2. The van der Waals surface area contributed by atoms with E-state index >= 15 is 0 Å². The van der Waals surface area contributed by atoms with Crippen molar-refractivity contribution in [3.63, 3.8) is 0 Å². The third-order valence-corrected chi connectivity index (χ3v) is 3.91. The summed E-state index contributed by atoms with van der Waals surface area (Å²) in [7, 11) is 0. The first kappa shape index (κ1) is 16.1. The molecule has 26 heavy (non-hydrogen) atoms. The molecule has 6 nitrogen and oxygen atoms in total. The number of fused-ring (bicyclic) bond motifs is 1. The Hall–Kier alpha value is -3.42. The van der Waals surface area contributed by atoms with Crippen LogP contribution in [0.4, 0.5) is 14.5 Å². The molecule has 2 aromatic carbocycles. The monoisotopic (exact) mass is 357 g/mol. The zero-order valence-corrected chi connectivity index (χ0v) is 13.6. The van der Waals surface area contributed by atoms with Gasteiger partial charge >= 0.3 is 6.29 Å². The number of carbonyl (C=O) groups excluding carboxylic acids is 1. The topological polar surface area (TPSA) is 65.4 Å². The van der Waals surface area contributed by atoms with Crippen molar-refractivity contribution in [2.24, 2.45) is 0 Å². The van der Waals surface area contributed by atoms with Crippen molar-refractivity contribution < 1.29 is 23.0 Å². The summed E-state index contributed by atoms with van der Waals surface area (Å²) in [5, 5.41) is 6.89. The Kier molecular flexibility index (Phi) is 3.61. The van der Waals surface area contributed by atoms with E-state index < -0.39 is 12.2 Å². The molecule has 0 saturated carbocycles. The molecule has 1 N–H and O–H groups in total. The molecular formula is C18H13F2N3O3. The van der Waals surface area contributed by atoms with Crippen LogP contribution in [0.1, 0.15) is 16.1 Å². The second-order valence-electron chi connectivity index (χ2n) is 5.67. The quantitative estimate of drug-likeness (QED) is 0.775. The van der Waals surface area contributed by atoms with Gasteiger partial charge in [-0.15, -0.1) is 8.78 Å². The number of benzene rings is 2. The third-order valence-electron chi connectivity index (χ3n) is 3.91. The number of para-hydroxylation sites is 1. The fourth-order valence-corrected chi connectivity index (χ4v) is 2.69. The minimum absolute atomic E-state index is 0.0823. The van der Waals surface area contributed by atoms with Crippen molar-refractivity contribution in [3.05, 3.63) is 66.0 Å². The number of carbonyl (C=O) groups is 1. The smallest absolute Gasteiger partial charge is 0.395 e. The van der Waals surface area contributed by atoms with E-state index in [2.05, 4.69) is 19.9 Å². The van der Waals surface area contributed by atoms with E-state index in [1.807, 2.05) is 30.3 Å². The van der Waals surface area contributed by atoms with E-state index in [9.17, 15) is 13.6 Å². The predicted octanol–water partition coefficient (Wildman–Crippen LogP) is 3.75. The maximum atomic E-state index is 13.1. The van der Waals surface area contributed by atoms with Crippen molar-refractivity contribution >= 4 is 11.6 Å². The minimum Gasteiger partial charge on any atom is -0.395 e. The van der Waals surface area contributed by atoms with Crippen molar-refractivity contribution in [1.29, 1.82) is 0 Å². The number of halogens is 2. The van der Waals surface area contributed by atoms with Gasteiger partial charge in [0.15, 0.2) is 11.5 Å². The van der Waals surface area contributed by atoms with Gasteiger partial charge in [0.05, 0.1) is 23.1 Å². The summed E-state index contributed by atoms with van der Waals surface area (Å²) in [6, 6.07) is 13.4. The van der Waals surface area contributed by atoms with Gasteiger partial charge in [-0.3, -0.25) is 4.79 Å². The highest BCUT2D eigenvalue weighted by Crippen LogP contribution is 2.42. The number of amides is 1. The highest BCUT2D eigenvalue weighted by Gasteiger charge is 2.43. The molecule has 0 saturated heterocycles. The van der Waals surface area contributed by atoms with Gasteiger partial charge < -0.3 is 14.8 Å². The number of anilines is 1. The molecule has 0 atom stereocenters. The van der Waals surface area contributed by atoms with Crippen LogP contribution in [0, 0.1) is 6.92 Å². The number of rotatable bonds is 3. The van der Waals surface area contributed by atoms with Crippen LogP contribution < -0.4 is 14.8 Å². The Morgan fingerprint density at radius 3 is 2.62 bits per heavy atom. The fraction of sp³-hybridized carbons (Fsp3) is 0.111. The van der Waals surface area contributed by atoms with E-state index in [0.29, 0.717) is 16.9 Å². The Bertz CT molecular complexity index is 987. The molecule has 1 aliphatic heterocycles. The van der Waals surface area contributed by atoms with Crippen LogP contribution in [0.15, 0.2) is 54.7 Å². The molecule has 1 aliphatic rings. The van der Waals surface area contributed by atoms with E-state index in [4.69, 9.17) is 0 Å². The zero-order valence-electron chi connectivity index (χ0n) is 13.6. The van der Waals surface area contributed by atoms with Gasteiger partial charge in [-0.2, -0.15) is 5.10 Å². The Morgan fingerprint density at radius 2 is 1.85 bits per heavy atom. The van der Waals surface area contributed by atoms with Gasteiger partial charge in [-0.1, -0.05) is 18.2 Å². The predicted molar refractivity (Wildman–Crippen MR) is 88.9 cm³/mol. The lowest BCUT2D eigenvalue weighted by molar-refractivity contribution is -0.286. The highest BCUT2D eigenvalue weighted by atomic mass is 19.3. The van der Waals surface area contributed by atoms with Crippen LogP contribution in [0.3, 0.4) is 0 Å². The summed E-state index contributed by atoms with van der Waals surface area (Å²) in [6.07, 6.45) is -2.24. The summed E-state index contributed by atoms with van der Waals surface area (Å²) >= 11 is 0. The van der Waals surface area contributed by atoms with Gasteiger partial charge in [-0.25, -0.2) is 4.68 Å². The molecule has 0 radical (unpaired) electrons. The molecule has 132 valence electrons. The van der Waals surface area contributed by atoms with E-state index in [-0.39, 0.29) is 11.5 Å². The summed E-state index contributed by atoms with van der Waals surface area (Å²) in [5.74, 6) is -0.624. The standard InChI is InChI=1S/C18H13F2N3O3/c1-11-14(10-21-23(11)13-5-3-2-4-6-13)17(24)22-12-7-8-15-16(9-12)26-18(19,20)25-15/h2-10H,1H3,(H,22,24). The maximum absolute atomic E-state index is 13.1. The third kappa shape index (κ3) is 2.85. The van der Waals surface area contributed by atoms with Crippen molar-refractivity contribution in [3.8, 4) is 17.2 Å². The summed E-state index contributed by atoms with van der Waals surface area (Å²) in [4.78, 5) is 12.5. The molecule has 0 bridgehead atoms. The summed E-state index contributed by atoms with van der Waals surface area (Å²) in [5.41, 5.74) is 2.16. The van der Waals surface area contributed by atoms with Gasteiger partial charge in [0.2, 0.25) is 0 Å². The van der Waals surface area contributed by atoms with E-state index in [1.165, 1.54) is 24.4 Å². The second kappa shape index (κ2) is 5.83. The number of nitrogens with zero attached hydrogens (tertiary/aromatic N) is 2. The van der Waals surface area contributed by atoms with Crippen molar-refractivity contribution in [2.75, 3.05) is 5.32 Å². The fourth-order valence-electron chi connectivity index (χ4n) is 2.69. The average molecular weight is 357 g/mol. The highest BCUT2D eigenvalue weighted by molar-refractivity contribution is 6.05. The molecule has 1 amide bonds. The van der Waals surface area contributed by atoms with Gasteiger partial charge in [0.1, 0.15) is 0 Å². The first-order valence-electron chi connectivity index (χ1n) is 7.74. The van der Waals surface area contributed by atoms with Gasteiger partial charge in [-0.05, 0) is 31.2 Å². The van der Waals surface area contributed by atoms with Gasteiger partial charge in [0.25, 0.3) is 5.91 Å². The van der Waals surface area contributed by atoms with Crippen LogP contribution in [-0.4, -0.2) is 22.0 Å². The Morgan fingerprint density at radius 1 is 1.12 bits per heavy atom. The lowest BCUT2D eigenvalue weighted by Gasteiger charge is -2.07. The average Bonchev–Trinajstić information content (AvgIpc) is 3.13. The largest absolute Gasteiger partial charge is 0.586 e. The van der Waals surface area contributed by atoms with Crippen molar-refractivity contribution in [1.82, 2.24) is 9.78 Å². The molecule has 2 heterocycles. The maximum Gasteiger partial charge on any atom is 0.586 e. The Balaban J connectivity index is 1.56. The first-order valence-corrected chi connectivity index (χ1v) is 7.74. The number of hydrogen-bond acceptors (Lipinski definition) is 4. The van der Waals surface area contributed by atoms with Crippen LogP contribution in [0.5, 0.6) is 11.5 Å². The summed E-state index contributed by atoms with van der Waals surface area (Å²) in [6.45, 7) is 1.77. The molecule has 0 unspecified atom stereocenters. The lowest BCUT2D eigenvalue weighted by Crippen LogP contribution is -2.25. The number of hydrogen-bond donors (Lipinski definition) is 1. The molecule has 8 heteroatoms. The molecule has 0 aliphatic carbocycles. The number of ether oxygens (including phenoxy) is 2. The molecule has 3 aromatic rings. The molecule has 0 spiro atoms. The SMILES string of the molecule is Cc1c(C(=O)Nc2ccc3c(c2)OC(F)(F)O3)cnn1-c1ccccc1. The second-order valence-corrected chi connectivity index (χ2v) is 5.67. The number of nitrogens with one attached hydrogen (secondary N) is 1. The van der Waals surface area contributed by atoms with Crippen LogP contribution in [0.2, 0.25) is 0 Å². The Labute approximate surface area is 147 Å². The van der Waals surface area contributed by atoms with Crippen LogP contribution >= 0.6 is 0 Å². The van der Waals surface area contributed by atoms with Crippen LogP contribution in [0.25, 0.3) is 5.69 Å². The zero-order chi connectivity index (χ0) is 18.3. The molecular weight excluding hydrogens is 344 g/mol. The molecule has 1 aromatic heterocycles. The minimum atomic E-state index is -3.70. The lowest BCUT2D eigenvalue weighted by atomic mass is 10.2. The molecule has 4 rings (SSSR count). The first-order chi connectivity index (χ1) is 12.4. The van der Waals surface area contributed by atoms with E-state index in [0.717, 1.165) is 5.69 Å². The van der Waals surface area contributed by atoms with Crippen LogP contribution in [-0.2, 0) is 0 Å².